The number of amides is 1. The van der Waals surface area contributed by atoms with E-state index in [-0.39, 0.29) is 12.3 Å². The highest BCUT2D eigenvalue weighted by molar-refractivity contribution is 7.15. The van der Waals surface area contributed by atoms with Crippen LogP contribution in [-0.2, 0) is 11.2 Å². The van der Waals surface area contributed by atoms with E-state index in [0.717, 1.165) is 21.9 Å². The molecule has 0 radical (unpaired) electrons. The Bertz CT molecular complexity index is 1130. The highest BCUT2D eigenvalue weighted by atomic mass is 35.5. The van der Waals surface area contributed by atoms with Crippen molar-refractivity contribution in [2.75, 3.05) is 5.32 Å². The standard InChI is InChI=1S/C20H15Cl2N3OS/c1-12-2-4-13(5-3-12)18-10-25-15(11-27-20(25)24-18)9-19(26)23-14-6-7-16(21)17(22)8-14/h2-8,10-11H,9H2,1H3,(H,23,26). The number of halogens is 2. The molecule has 1 N–H and O–H groups in total. The third kappa shape index (κ3) is 3.86. The number of rotatable bonds is 4. The molecule has 7 heteroatoms. The summed E-state index contributed by atoms with van der Waals surface area (Å²) in [7, 11) is 0. The van der Waals surface area contributed by atoms with Crippen molar-refractivity contribution in [2.24, 2.45) is 0 Å². The summed E-state index contributed by atoms with van der Waals surface area (Å²) in [5, 5.41) is 5.66. The number of hydrogen-bond acceptors (Lipinski definition) is 3. The molecule has 0 bridgehead atoms. The van der Waals surface area contributed by atoms with Crippen LogP contribution in [0.25, 0.3) is 16.2 Å². The minimum atomic E-state index is -0.126. The number of nitrogens with zero attached hydrogens (tertiary/aromatic N) is 2. The summed E-state index contributed by atoms with van der Waals surface area (Å²) >= 11 is 13.4. The lowest BCUT2D eigenvalue weighted by Crippen LogP contribution is -2.15. The first-order chi connectivity index (χ1) is 13.0. The Morgan fingerprint density at radius 2 is 1.93 bits per heavy atom. The molecule has 0 unspecified atom stereocenters. The molecule has 1 amide bonds. The summed E-state index contributed by atoms with van der Waals surface area (Å²) in [5.74, 6) is -0.126. The van der Waals surface area contributed by atoms with E-state index >= 15 is 0 Å². The summed E-state index contributed by atoms with van der Waals surface area (Å²) in [6.07, 6.45) is 2.21. The number of carbonyl (C=O) groups is 1. The number of carbonyl (C=O) groups excluding carboxylic acids is 1. The lowest BCUT2D eigenvalue weighted by Gasteiger charge is -2.06. The van der Waals surface area contributed by atoms with Crippen LogP contribution in [-0.4, -0.2) is 15.3 Å². The molecule has 2 aromatic carbocycles. The Labute approximate surface area is 170 Å². The van der Waals surface area contributed by atoms with Gasteiger partial charge in [-0.15, -0.1) is 11.3 Å². The second-order valence-corrected chi connectivity index (χ2v) is 7.88. The van der Waals surface area contributed by atoms with E-state index in [4.69, 9.17) is 23.2 Å². The highest BCUT2D eigenvalue weighted by Gasteiger charge is 2.13. The van der Waals surface area contributed by atoms with E-state index in [9.17, 15) is 4.79 Å². The second kappa shape index (κ2) is 7.35. The summed E-state index contributed by atoms with van der Waals surface area (Å²) < 4.78 is 1.97. The summed E-state index contributed by atoms with van der Waals surface area (Å²) in [6.45, 7) is 2.06. The first-order valence-corrected chi connectivity index (χ1v) is 9.90. The third-order valence-electron chi connectivity index (χ3n) is 4.18. The van der Waals surface area contributed by atoms with Crippen LogP contribution >= 0.6 is 34.5 Å². The molecule has 0 saturated heterocycles. The van der Waals surface area contributed by atoms with Crippen molar-refractivity contribution >= 4 is 51.1 Å². The second-order valence-electron chi connectivity index (χ2n) is 6.23. The molecule has 0 fully saturated rings. The number of aryl methyl sites for hydroxylation is 1. The van der Waals surface area contributed by atoms with E-state index in [1.807, 2.05) is 16.0 Å². The van der Waals surface area contributed by atoms with Crippen molar-refractivity contribution < 1.29 is 4.79 Å². The van der Waals surface area contributed by atoms with Gasteiger partial charge in [-0.2, -0.15) is 0 Å². The largest absolute Gasteiger partial charge is 0.326 e. The Balaban J connectivity index is 1.54. The molecule has 0 atom stereocenters. The minimum absolute atomic E-state index is 0.126. The van der Waals surface area contributed by atoms with E-state index in [1.54, 1.807) is 18.2 Å². The summed E-state index contributed by atoms with van der Waals surface area (Å²) in [5.41, 5.74) is 4.67. The van der Waals surface area contributed by atoms with Crippen LogP contribution in [0.5, 0.6) is 0 Å². The van der Waals surface area contributed by atoms with Gasteiger partial charge in [-0.05, 0) is 25.1 Å². The molecule has 0 aliphatic rings. The molecular weight excluding hydrogens is 401 g/mol. The van der Waals surface area contributed by atoms with Gasteiger partial charge in [0, 0.05) is 28.5 Å². The molecule has 136 valence electrons. The van der Waals surface area contributed by atoms with Gasteiger partial charge >= 0.3 is 0 Å². The SMILES string of the molecule is Cc1ccc(-c2cn3c(CC(=O)Nc4ccc(Cl)c(Cl)c4)csc3n2)cc1. The minimum Gasteiger partial charge on any atom is -0.326 e. The van der Waals surface area contributed by atoms with E-state index < -0.39 is 0 Å². The zero-order chi connectivity index (χ0) is 19.0. The monoisotopic (exact) mass is 415 g/mol. The molecule has 2 aromatic heterocycles. The molecule has 0 saturated carbocycles. The van der Waals surface area contributed by atoms with Gasteiger partial charge in [0.2, 0.25) is 5.91 Å². The zero-order valence-corrected chi connectivity index (χ0v) is 16.7. The number of nitrogens with one attached hydrogen (secondary N) is 1. The van der Waals surface area contributed by atoms with E-state index in [2.05, 4.69) is 41.5 Å². The number of fused-ring (bicyclic) bond motifs is 1. The van der Waals surface area contributed by atoms with Gasteiger partial charge in [0.25, 0.3) is 0 Å². The van der Waals surface area contributed by atoms with Crippen LogP contribution < -0.4 is 5.32 Å². The Morgan fingerprint density at radius 3 is 2.67 bits per heavy atom. The maximum atomic E-state index is 12.4. The first-order valence-electron chi connectivity index (χ1n) is 8.27. The average Bonchev–Trinajstić information content (AvgIpc) is 3.21. The number of anilines is 1. The van der Waals surface area contributed by atoms with Gasteiger partial charge in [0.15, 0.2) is 4.96 Å². The van der Waals surface area contributed by atoms with Crippen molar-refractivity contribution in [3.8, 4) is 11.3 Å². The van der Waals surface area contributed by atoms with Crippen LogP contribution in [0, 0.1) is 6.92 Å². The third-order valence-corrected chi connectivity index (χ3v) is 5.80. The van der Waals surface area contributed by atoms with Gasteiger partial charge < -0.3 is 5.32 Å². The number of thiazole rings is 1. The molecule has 2 heterocycles. The summed E-state index contributed by atoms with van der Waals surface area (Å²) in [6, 6.07) is 13.3. The molecule has 0 aliphatic carbocycles. The van der Waals surface area contributed by atoms with Gasteiger partial charge in [-0.25, -0.2) is 4.98 Å². The van der Waals surface area contributed by atoms with Crippen molar-refractivity contribution in [3.05, 3.63) is 75.3 Å². The number of imidazole rings is 1. The molecule has 0 spiro atoms. The van der Waals surface area contributed by atoms with Crippen molar-refractivity contribution in [2.45, 2.75) is 13.3 Å². The van der Waals surface area contributed by atoms with E-state index in [0.29, 0.717) is 15.7 Å². The lowest BCUT2D eigenvalue weighted by molar-refractivity contribution is -0.115. The van der Waals surface area contributed by atoms with Crippen molar-refractivity contribution in [3.63, 3.8) is 0 Å². The molecule has 4 rings (SSSR count). The Hall–Kier alpha value is -2.34. The Morgan fingerprint density at radius 1 is 1.15 bits per heavy atom. The zero-order valence-electron chi connectivity index (χ0n) is 14.4. The van der Waals surface area contributed by atoms with Crippen LogP contribution in [0.2, 0.25) is 10.0 Å². The van der Waals surface area contributed by atoms with Gasteiger partial charge in [-0.3, -0.25) is 9.20 Å². The summed E-state index contributed by atoms with van der Waals surface area (Å²) in [4.78, 5) is 17.9. The van der Waals surface area contributed by atoms with Gasteiger partial charge in [0.1, 0.15) is 0 Å². The normalized spacial score (nSPS) is 11.1. The van der Waals surface area contributed by atoms with Crippen LogP contribution in [0.15, 0.2) is 54.0 Å². The topological polar surface area (TPSA) is 46.4 Å². The predicted octanol–water partition coefficient (Wildman–Crippen LogP) is 5.86. The quantitative estimate of drug-likeness (QED) is 0.453. The van der Waals surface area contributed by atoms with Crippen LogP contribution in [0.1, 0.15) is 11.3 Å². The Kier molecular flexibility index (Phi) is 4.91. The molecular formula is C20H15Cl2N3OS. The fourth-order valence-electron chi connectivity index (χ4n) is 2.76. The number of benzene rings is 2. The van der Waals surface area contributed by atoms with Crippen LogP contribution in [0.3, 0.4) is 0 Å². The highest BCUT2D eigenvalue weighted by Crippen LogP contribution is 2.26. The fourth-order valence-corrected chi connectivity index (χ4v) is 3.93. The maximum absolute atomic E-state index is 12.4. The number of aromatic nitrogens is 2. The van der Waals surface area contributed by atoms with E-state index in [1.165, 1.54) is 16.9 Å². The number of hydrogen-bond donors (Lipinski definition) is 1. The van der Waals surface area contributed by atoms with Gasteiger partial charge in [0.05, 0.1) is 22.2 Å². The lowest BCUT2D eigenvalue weighted by atomic mass is 10.1. The van der Waals surface area contributed by atoms with Crippen molar-refractivity contribution in [1.29, 1.82) is 0 Å². The predicted molar refractivity (Wildman–Crippen MR) is 112 cm³/mol. The molecule has 4 nitrogen and oxygen atoms in total. The molecule has 0 aliphatic heterocycles. The average molecular weight is 416 g/mol. The maximum Gasteiger partial charge on any atom is 0.230 e. The smallest absolute Gasteiger partial charge is 0.230 e. The molecule has 4 aromatic rings. The molecule has 27 heavy (non-hydrogen) atoms. The fraction of sp³-hybridized carbons (Fsp3) is 0.100. The van der Waals surface area contributed by atoms with Gasteiger partial charge in [-0.1, -0.05) is 53.0 Å². The van der Waals surface area contributed by atoms with Crippen LogP contribution in [0.4, 0.5) is 5.69 Å². The first kappa shape index (κ1) is 18.0. The van der Waals surface area contributed by atoms with Crippen molar-refractivity contribution in [1.82, 2.24) is 9.38 Å².